The first kappa shape index (κ1) is 14.5. The van der Waals surface area contributed by atoms with Crippen molar-refractivity contribution in [2.45, 2.75) is 38.5 Å². The molecule has 17 heavy (non-hydrogen) atoms. The lowest BCUT2D eigenvalue weighted by Crippen LogP contribution is -2.30. The number of esters is 1. The molecule has 0 radical (unpaired) electrons. The van der Waals surface area contributed by atoms with Gasteiger partial charge in [0.2, 0.25) is 0 Å². The van der Waals surface area contributed by atoms with Gasteiger partial charge in [0.25, 0.3) is 0 Å². The molecule has 0 spiro atoms. The van der Waals surface area contributed by atoms with Gasteiger partial charge in [-0.25, -0.2) is 0 Å². The number of carbonyl (C=O) groups excluding carboxylic acids is 1. The van der Waals surface area contributed by atoms with Crippen molar-refractivity contribution < 1.29 is 14.3 Å². The Labute approximate surface area is 104 Å². The molecule has 2 atom stereocenters. The van der Waals surface area contributed by atoms with Crippen LogP contribution in [-0.2, 0) is 14.3 Å². The van der Waals surface area contributed by atoms with Crippen molar-refractivity contribution in [1.29, 1.82) is 0 Å². The Bertz CT molecular complexity index is 221. The molecule has 2 unspecified atom stereocenters. The van der Waals surface area contributed by atoms with Crippen LogP contribution in [0, 0.1) is 11.8 Å². The lowest BCUT2D eigenvalue weighted by Gasteiger charge is -2.30. The summed E-state index contributed by atoms with van der Waals surface area (Å²) in [6, 6.07) is 0. The second-order valence-electron chi connectivity index (χ2n) is 4.79. The molecule has 2 N–H and O–H groups in total. The van der Waals surface area contributed by atoms with Crippen molar-refractivity contribution in [3.05, 3.63) is 0 Å². The van der Waals surface area contributed by atoms with Gasteiger partial charge >= 0.3 is 5.97 Å². The summed E-state index contributed by atoms with van der Waals surface area (Å²) in [6.45, 7) is 2.21. The maximum absolute atomic E-state index is 10.9. The smallest absolute Gasteiger partial charge is 0.305 e. The van der Waals surface area contributed by atoms with Crippen LogP contribution in [0.25, 0.3) is 0 Å². The SMILES string of the molecule is COC(=O)CCCOCC1CCCCC1CN. The Morgan fingerprint density at radius 2 is 2.00 bits per heavy atom. The molecule has 0 bridgehead atoms. The summed E-state index contributed by atoms with van der Waals surface area (Å²) in [5.41, 5.74) is 5.77. The third-order valence-corrected chi connectivity index (χ3v) is 3.60. The van der Waals surface area contributed by atoms with Crippen LogP contribution in [0.15, 0.2) is 0 Å². The standard InChI is InChI=1S/C13H25NO3/c1-16-13(15)7-4-8-17-10-12-6-3-2-5-11(12)9-14/h11-12H,2-10,14H2,1H3. The molecule has 0 aromatic heterocycles. The van der Waals surface area contributed by atoms with E-state index in [0.717, 1.165) is 19.6 Å². The molecule has 0 amide bonds. The molecule has 0 aromatic rings. The molecule has 0 saturated heterocycles. The fourth-order valence-electron chi connectivity index (χ4n) is 2.47. The molecule has 1 aliphatic carbocycles. The van der Waals surface area contributed by atoms with Gasteiger partial charge in [-0.1, -0.05) is 12.8 Å². The van der Waals surface area contributed by atoms with Crippen LogP contribution in [0.5, 0.6) is 0 Å². The summed E-state index contributed by atoms with van der Waals surface area (Å²) in [4.78, 5) is 10.9. The molecule has 4 heteroatoms. The van der Waals surface area contributed by atoms with Gasteiger partial charge in [-0.2, -0.15) is 0 Å². The monoisotopic (exact) mass is 243 g/mol. The van der Waals surface area contributed by atoms with Crippen LogP contribution in [0.2, 0.25) is 0 Å². The third kappa shape index (κ3) is 5.50. The van der Waals surface area contributed by atoms with Crippen LogP contribution in [0.4, 0.5) is 0 Å². The highest BCUT2D eigenvalue weighted by Gasteiger charge is 2.23. The van der Waals surface area contributed by atoms with Gasteiger partial charge in [-0.05, 0) is 37.6 Å². The average Bonchev–Trinajstić information content (AvgIpc) is 2.38. The molecule has 0 heterocycles. The summed E-state index contributed by atoms with van der Waals surface area (Å²) in [5, 5.41) is 0. The van der Waals surface area contributed by atoms with Crippen LogP contribution >= 0.6 is 0 Å². The molecule has 0 aromatic carbocycles. The number of hydrogen-bond acceptors (Lipinski definition) is 4. The lowest BCUT2D eigenvalue weighted by molar-refractivity contribution is -0.141. The van der Waals surface area contributed by atoms with Crippen LogP contribution < -0.4 is 5.73 Å². The first-order valence-corrected chi connectivity index (χ1v) is 6.62. The fraction of sp³-hybridized carbons (Fsp3) is 0.923. The first-order chi connectivity index (χ1) is 8.27. The minimum absolute atomic E-state index is 0.161. The topological polar surface area (TPSA) is 61.5 Å². The van der Waals surface area contributed by atoms with E-state index in [1.54, 1.807) is 0 Å². The van der Waals surface area contributed by atoms with E-state index in [9.17, 15) is 4.79 Å². The van der Waals surface area contributed by atoms with Crippen LogP contribution in [0.3, 0.4) is 0 Å². The van der Waals surface area contributed by atoms with E-state index < -0.39 is 0 Å². The summed E-state index contributed by atoms with van der Waals surface area (Å²) in [5.74, 6) is 1.09. The van der Waals surface area contributed by atoms with Crippen molar-refractivity contribution in [1.82, 2.24) is 0 Å². The van der Waals surface area contributed by atoms with Crippen LogP contribution in [0.1, 0.15) is 38.5 Å². The molecule has 100 valence electrons. The van der Waals surface area contributed by atoms with Crippen molar-refractivity contribution >= 4 is 5.97 Å². The Morgan fingerprint density at radius 1 is 1.29 bits per heavy atom. The second kappa shape index (κ2) is 8.48. The van der Waals surface area contributed by atoms with Crippen molar-refractivity contribution in [2.75, 3.05) is 26.9 Å². The Balaban J connectivity index is 2.06. The van der Waals surface area contributed by atoms with E-state index in [1.165, 1.54) is 32.8 Å². The third-order valence-electron chi connectivity index (χ3n) is 3.60. The van der Waals surface area contributed by atoms with E-state index in [0.29, 0.717) is 24.9 Å². The molecule has 1 aliphatic rings. The minimum atomic E-state index is -0.161. The number of rotatable bonds is 7. The quantitative estimate of drug-likeness (QED) is 0.546. The van der Waals surface area contributed by atoms with Gasteiger partial charge in [0.1, 0.15) is 0 Å². The minimum Gasteiger partial charge on any atom is -0.469 e. The predicted molar refractivity (Wildman–Crippen MR) is 66.6 cm³/mol. The summed E-state index contributed by atoms with van der Waals surface area (Å²) >= 11 is 0. The maximum Gasteiger partial charge on any atom is 0.305 e. The summed E-state index contributed by atoms with van der Waals surface area (Å²) in [6.07, 6.45) is 6.27. The molecule has 1 rings (SSSR count). The molecule has 1 fully saturated rings. The maximum atomic E-state index is 10.9. The molecular formula is C13H25NO3. The molecule has 1 saturated carbocycles. The van der Waals surface area contributed by atoms with E-state index in [1.807, 2.05) is 0 Å². The zero-order valence-corrected chi connectivity index (χ0v) is 10.8. The van der Waals surface area contributed by atoms with E-state index in [2.05, 4.69) is 4.74 Å². The van der Waals surface area contributed by atoms with Gasteiger partial charge in [0.05, 0.1) is 7.11 Å². The van der Waals surface area contributed by atoms with Crippen molar-refractivity contribution in [2.24, 2.45) is 17.6 Å². The van der Waals surface area contributed by atoms with Gasteiger partial charge in [-0.15, -0.1) is 0 Å². The Hall–Kier alpha value is -0.610. The zero-order chi connectivity index (χ0) is 12.5. The zero-order valence-electron chi connectivity index (χ0n) is 10.8. The highest BCUT2D eigenvalue weighted by atomic mass is 16.5. The van der Waals surface area contributed by atoms with E-state index in [4.69, 9.17) is 10.5 Å². The highest BCUT2D eigenvalue weighted by Crippen LogP contribution is 2.29. The number of carbonyl (C=O) groups is 1. The summed E-state index contributed by atoms with van der Waals surface area (Å²) < 4.78 is 10.2. The van der Waals surface area contributed by atoms with Crippen molar-refractivity contribution in [3.8, 4) is 0 Å². The summed E-state index contributed by atoms with van der Waals surface area (Å²) in [7, 11) is 1.41. The second-order valence-corrected chi connectivity index (χ2v) is 4.79. The Morgan fingerprint density at radius 3 is 2.65 bits per heavy atom. The highest BCUT2D eigenvalue weighted by molar-refractivity contribution is 5.68. The van der Waals surface area contributed by atoms with E-state index >= 15 is 0 Å². The molecule has 0 aliphatic heterocycles. The predicted octanol–water partition coefficient (Wildman–Crippen LogP) is 1.72. The normalized spacial score (nSPS) is 24.6. The van der Waals surface area contributed by atoms with Crippen molar-refractivity contribution in [3.63, 3.8) is 0 Å². The van der Waals surface area contributed by atoms with Gasteiger partial charge in [0, 0.05) is 19.6 Å². The first-order valence-electron chi connectivity index (χ1n) is 6.62. The largest absolute Gasteiger partial charge is 0.469 e. The van der Waals surface area contributed by atoms with E-state index in [-0.39, 0.29) is 5.97 Å². The lowest BCUT2D eigenvalue weighted by atomic mass is 9.80. The number of hydrogen-bond donors (Lipinski definition) is 1. The molecule has 4 nitrogen and oxygen atoms in total. The Kier molecular flexibility index (Phi) is 7.21. The van der Waals surface area contributed by atoms with Gasteiger partial charge in [0.15, 0.2) is 0 Å². The molecular weight excluding hydrogens is 218 g/mol. The number of methoxy groups -OCH3 is 1. The van der Waals surface area contributed by atoms with Gasteiger partial charge < -0.3 is 15.2 Å². The number of nitrogens with two attached hydrogens (primary N) is 1. The van der Waals surface area contributed by atoms with Crippen LogP contribution in [-0.4, -0.2) is 32.8 Å². The number of ether oxygens (including phenoxy) is 2. The average molecular weight is 243 g/mol. The van der Waals surface area contributed by atoms with Gasteiger partial charge in [-0.3, -0.25) is 4.79 Å². The fourth-order valence-corrected chi connectivity index (χ4v) is 2.47.